The molecule has 0 N–H and O–H groups in total. The zero-order chi connectivity index (χ0) is 14.4. The number of Topliss-reactive ketones (excluding diaryl/α,β-unsaturated/α-hetero) is 1. The first-order valence-electron chi connectivity index (χ1n) is 6.68. The number of hydrogen-bond donors (Lipinski definition) is 0. The number of ketones is 1. The Balaban J connectivity index is 1.87. The summed E-state index contributed by atoms with van der Waals surface area (Å²) in [6.07, 6.45) is 1.96. The lowest BCUT2D eigenvalue weighted by molar-refractivity contribution is -0.119. The molecule has 1 heterocycles. The van der Waals surface area contributed by atoms with Gasteiger partial charge in [0, 0.05) is 6.42 Å². The van der Waals surface area contributed by atoms with Gasteiger partial charge in [-0.3, -0.25) is 9.69 Å². The van der Waals surface area contributed by atoms with Crippen molar-refractivity contribution < 1.29 is 13.6 Å². The first-order chi connectivity index (χ1) is 9.67. The molecule has 2 aromatic rings. The molecule has 0 amide bonds. The van der Waals surface area contributed by atoms with Gasteiger partial charge < -0.3 is 4.42 Å². The quantitative estimate of drug-likeness (QED) is 0.778. The van der Waals surface area contributed by atoms with Gasteiger partial charge >= 0.3 is 0 Å². The van der Waals surface area contributed by atoms with Crippen LogP contribution in [0.3, 0.4) is 0 Å². The minimum atomic E-state index is -0.283. The van der Waals surface area contributed by atoms with Crippen LogP contribution in [0, 0.1) is 5.82 Å². The number of benzene rings is 1. The van der Waals surface area contributed by atoms with E-state index in [2.05, 4.69) is 0 Å². The minimum Gasteiger partial charge on any atom is -0.468 e. The van der Waals surface area contributed by atoms with Crippen LogP contribution in [0.25, 0.3) is 0 Å². The molecule has 3 nitrogen and oxygen atoms in total. The Morgan fingerprint density at radius 2 is 2.00 bits per heavy atom. The maximum Gasteiger partial charge on any atom is 0.151 e. The van der Waals surface area contributed by atoms with Gasteiger partial charge in [-0.1, -0.05) is 19.1 Å². The van der Waals surface area contributed by atoms with Crippen molar-refractivity contribution in [2.24, 2.45) is 0 Å². The molecule has 0 saturated carbocycles. The molecule has 4 heteroatoms. The average molecular weight is 275 g/mol. The van der Waals surface area contributed by atoms with Gasteiger partial charge in [0.15, 0.2) is 5.78 Å². The lowest BCUT2D eigenvalue weighted by Gasteiger charge is -2.18. The fraction of sp³-hybridized carbons (Fsp3) is 0.312. The molecule has 0 aliphatic carbocycles. The topological polar surface area (TPSA) is 33.5 Å². The molecule has 0 spiro atoms. The van der Waals surface area contributed by atoms with Crippen molar-refractivity contribution in [1.82, 2.24) is 4.90 Å². The molecule has 1 aromatic carbocycles. The second-order valence-electron chi connectivity index (χ2n) is 4.72. The molecule has 0 unspecified atom stereocenters. The Kier molecular flexibility index (Phi) is 5.07. The zero-order valence-corrected chi connectivity index (χ0v) is 11.5. The van der Waals surface area contributed by atoms with E-state index in [1.54, 1.807) is 18.4 Å². The highest BCUT2D eigenvalue weighted by Crippen LogP contribution is 2.07. The van der Waals surface area contributed by atoms with Crippen LogP contribution < -0.4 is 0 Å². The summed E-state index contributed by atoms with van der Waals surface area (Å²) in [6.45, 7) is 3.78. The Hall–Kier alpha value is -1.94. The van der Waals surface area contributed by atoms with Crippen LogP contribution in [-0.2, 0) is 17.8 Å². The van der Waals surface area contributed by atoms with Gasteiger partial charge in [0.25, 0.3) is 0 Å². The van der Waals surface area contributed by atoms with Gasteiger partial charge in [-0.2, -0.15) is 0 Å². The van der Waals surface area contributed by atoms with Crippen molar-refractivity contribution in [3.63, 3.8) is 0 Å². The van der Waals surface area contributed by atoms with Crippen LogP contribution in [0.2, 0.25) is 0 Å². The molecule has 0 aliphatic heterocycles. The lowest BCUT2D eigenvalue weighted by atomic mass is 10.1. The van der Waals surface area contributed by atoms with E-state index in [0.717, 1.165) is 17.9 Å². The van der Waals surface area contributed by atoms with E-state index in [-0.39, 0.29) is 11.6 Å². The number of carbonyl (C=O) groups excluding carboxylic acids is 1. The third-order valence-electron chi connectivity index (χ3n) is 3.12. The number of furan rings is 1. The van der Waals surface area contributed by atoms with Crippen LogP contribution in [0.5, 0.6) is 0 Å². The largest absolute Gasteiger partial charge is 0.468 e. The molecule has 1 aromatic heterocycles. The summed E-state index contributed by atoms with van der Waals surface area (Å²) in [7, 11) is 0. The maximum atomic E-state index is 12.8. The van der Waals surface area contributed by atoms with E-state index in [1.807, 2.05) is 24.0 Å². The van der Waals surface area contributed by atoms with Crippen LogP contribution in [0.1, 0.15) is 18.2 Å². The van der Waals surface area contributed by atoms with Gasteiger partial charge in [-0.25, -0.2) is 4.39 Å². The van der Waals surface area contributed by atoms with Crippen LogP contribution in [0.15, 0.2) is 47.1 Å². The summed E-state index contributed by atoms with van der Waals surface area (Å²) >= 11 is 0. The second-order valence-corrected chi connectivity index (χ2v) is 4.72. The van der Waals surface area contributed by atoms with Crippen molar-refractivity contribution in [3.05, 3.63) is 59.8 Å². The number of halogens is 1. The summed E-state index contributed by atoms with van der Waals surface area (Å²) in [4.78, 5) is 14.0. The van der Waals surface area contributed by atoms with Crippen molar-refractivity contribution in [2.45, 2.75) is 19.9 Å². The molecular formula is C16H18FNO2. The summed E-state index contributed by atoms with van der Waals surface area (Å²) in [6, 6.07) is 9.79. The summed E-state index contributed by atoms with van der Waals surface area (Å²) in [5, 5.41) is 0. The van der Waals surface area contributed by atoms with Gasteiger partial charge in [-0.15, -0.1) is 0 Å². The van der Waals surface area contributed by atoms with E-state index in [0.29, 0.717) is 19.5 Å². The smallest absolute Gasteiger partial charge is 0.151 e. The Morgan fingerprint density at radius 3 is 2.60 bits per heavy atom. The predicted molar refractivity (Wildman–Crippen MR) is 74.8 cm³/mol. The van der Waals surface area contributed by atoms with Gasteiger partial charge in [0.1, 0.15) is 11.6 Å². The summed E-state index contributed by atoms with van der Waals surface area (Å²) < 4.78 is 18.1. The fourth-order valence-corrected chi connectivity index (χ4v) is 2.04. The van der Waals surface area contributed by atoms with E-state index < -0.39 is 0 Å². The highest BCUT2D eigenvalue weighted by molar-refractivity contribution is 5.82. The fourth-order valence-electron chi connectivity index (χ4n) is 2.04. The molecule has 106 valence electrons. The average Bonchev–Trinajstić information content (AvgIpc) is 2.93. The minimum absolute atomic E-state index is 0.116. The van der Waals surface area contributed by atoms with E-state index >= 15 is 0 Å². The van der Waals surface area contributed by atoms with E-state index in [1.165, 1.54) is 12.1 Å². The van der Waals surface area contributed by atoms with Gasteiger partial charge in [0.2, 0.25) is 0 Å². The Labute approximate surface area is 118 Å². The van der Waals surface area contributed by atoms with Crippen LogP contribution in [0.4, 0.5) is 4.39 Å². The molecule has 2 rings (SSSR count). The number of rotatable bonds is 7. The first kappa shape index (κ1) is 14.5. The summed E-state index contributed by atoms with van der Waals surface area (Å²) in [5.41, 5.74) is 0.838. The van der Waals surface area contributed by atoms with Crippen molar-refractivity contribution >= 4 is 5.78 Å². The second kappa shape index (κ2) is 7.01. The van der Waals surface area contributed by atoms with Gasteiger partial charge in [0.05, 0.1) is 19.4 Å². The molecule has 0 saturated heterocycles. The molecule has 0 radical (unpaired) electrons. The Morgan fingerprint density at radius 1 is 1.25 bits per heavy atom. The Bertz CT molecular complexity index is 534. The van der Waals surface area contributed by atoms with E-state index in [9.17, 15) is 9.18 Å². The molecule has 0 bridgehead atoms. The number of carbonyl (C=O) groups is 1. The molecule has 0 fully saturated rings. The van der Waals surface area contributed by atoms with Crippen molar-refractivity contribution in [2.75, 3.05) is 13.1 Å². The lowest BCUT2D eigenvalue weighted by Crippen LogP contribution is -2.30. The summed E-state index contributed by atoms with van der Waals surface area (Å²) in [5.74, 6) is 0.681. The highest BCUT2D eigenvalue weighted by atomic mass is 19.1. The zero-order valence-electron chi connectivity index (χ0n) is 11.5. The van der Waals surface area contributed by atoms with Crippen LogP contribution >= 0.6 is 0 Å². The number of likely N-dealkylation sites (N-methyl/N-ethyl adjacent to an activating group) is 1. The van der Waals surface area contributed by atoms with Crippen LogP contribution in [-0.4, -0.2) is 23.8 Å². The highest BCUT2D eigenvalue weighted by Gasteiger charge is 2.11. The normalized spacial score (nSPS) is 10.9. The van der Waals surface area contributed by atoms with Crippen molar-refractivity contribution in [1.29, 1.82) is 0 Å². The monoisotopic (exact) mass is 275 g/mol. The van der Waals surface area contributed by atoms with E-state index in [4.69, 9.17) is 4.42 Å². The number of hydrogen-bond acceptors (Lipinski definition) is 3. The molecule has 20 heavy (non-hydrogen) atoms. The molecule has 0 aliphatic rings. The third-order valence-corrected chi connectivity index (χ3v) is 3.12. The standard InChI is InChI=1S/C16H18FNO2/c1-2-18(12-16-4-3-9-20-16)11-15(19)10-13-5-7-14(17)8-6-13/h3-9H,2,10-12H2,1H3. The van der Waals surface area contributed by atoms with Crippen molar-refractivity contribution in [3.8, 4) is 0 Å². The SMILES string of the molecule is CCN(CC(=O)Cc1ccc(F)cc1)Cc1ccco1. The molecule has 0 atom stereocenters. The number of nitrogens with zero attached hydrogens (tertiary/aromatic N) is 1. The predicted octanol–water partition coefficient (Wildman–Crippen LogP) is 3.05. The first-order valence-corrected chi connectivity index (χ1v) is 6.68. The van der Waals surface area contributed by atoms with Gasteiger partial charge in [-0.05, 0) is 36.4 Å². The molecular weight excluding hydrogens is 257 g/mol. The third kappa shape index (κ3) is 4.31. The maximum absolute atomic E-state index is 12.8.